The number of carbonyl (C=O) groups excluding carboxylic acids is 2. The van der Waals surface area contributed by atoms with E-state index >= 15 is 0 Å². The van der Waals surface area contributed by atoms with Crippen LogP contribution in [0.3, 0.4) is 0 Å². The second-order valence-corrected chi connectivity index (χ2v) is 6.40. The molecule has 0 spiro atoms. The van der Waals surface area contributed by atoms with Crippen molar-refractivity contribution in [2.24, 2.45) is 5.73 Å². The molecule has 1 aromatic carbocycles. The van der Waals surface area contributed by atoms with Gasteiger partial charge in [0.05, 0.1) is 0 Å². The van der Waals surface area contributed by atoms with Crippen LogP contribution in [0.2, 0.25) is 0 Å². The number of hydrogen-bond acceptors (Lipinski definition) is 3. The molecule has 132 valence electrons. The topological polar surface area (TPSA) is 66.6 Å². The van der Waals surface area contributed by atoms with Gasteiger partial charge < -0.3 is 15.5 Å². The molecule has 5 heteroatoms. The van der Waals surface area contributed by atoms with Crippen LogP contribution < -0.4 is 5.73 Å². The van der Waals surface area contributed by atoms with Crippen molar-refractivity contribution in [1.82, 2.24) is 9.80 Å². The number of carbonyl (C=O) groups is 2. The van der Waals surface area contributed by atoms with Crippen molar-refractivity contribution >= 4 is 11.8 Å². The zero-order chi connectivity index (χ0) is 17.4. The fraction of sp³-hybridized carbons (Fsp3) is 0.579. The van der Waals surface area contributed by atoms with Crippen LogP contribution in [0, 0.1) is 0 Å². The zero-order valence-corrected chi connectivity index (χ0v) is 14.6. The van der Waals surface area contributed by atoms with E-state index in [2.05, 4.69) is 6.92 Å². The third-order valence-corrected chi connectivity index (χ3v) is 4.65. The first-order valence-electron chi connectivity index (χ1n) is 8.97. The van der Waals surface area contributed by atoms with E-state index in [9.17, 15) is 9.59 Å². The number of unbranched alkanes of at least 4 members (excludes halogenated alkanes) is 1. The third kappa shape index (κ3) is 5.06. The van der Waals surface area contributed by atoms with Gasteiger partial charge in [-0.05, 0) is 31.4 Å². The van der Waals surface area contributed by atoms with E-state index in [4.69, 9.17) is 5.73 Å². The minimum Gasteiger partial charge on any atom is -0.340 e. The highest BCUT2D eigenvalue weighted by Gasteiger charge is 2.30. The Hall–Kier alpha value is -1.88. The monoisotopic (exact) mass is 331 g/mol. The zero-order valence-electron chi connectivity index (χ0n) is 14.6. The van der Waals surface area contributed by atoms with E-state index in [-0.39, 0.29) is 17.9 Å². The lowest BCUT2D eigenvalue weighted by Gasteiger charge is -2.31. The van der Waals surface area contributed by atoms with E-state index in [0.29, 0.717) is 39.0 Å². The number of nitrogens with two attached hydrogens (primary N) is 1. The second kappa shape index (κ2) is 9.42. The summed E-state index contributed by atoms with van der Waals surface area (Å²) in [5.74, 6) is 0.291. The smallest absolute Gasteiger partial charge is 0.224 e. The predicted octanol–water partition coefficient (Wildman–Crippen LogP) is 2.16. The molecule has 1 fully saturated rings. The first kappa shape index (κ1) is 18.5. The number of hydrogen-bond donors (Lipinski definition) is 1. The lowest BCUT2D eigenvalue weighted by atomic mass is 10.1. The van der Waals surface area contributed by atoms with Gasteiger partial charge in [0.15, 0.2) is 0 Å². The van der Waals surface area contributed by atoms with Gasteiger partial charge in [-0.2, -0.15) is 0 Å². The Morgan fingerprint density at radius 3 is 2.67 bits per heavy atom. The van der Waals surface area contributed by atoms with Crippen LogP contribution in [0.5, 0.6) is 0 Å². The first-order chi connectivity index (χ1) is 11.7. The van der Waals surface area contributed by atoms with Gasteiger partial charge in [0.2, 0.25) is 11.8 Å². The molecule has 0 radical (unpaired) electrons. The lowest BCUT2D eigenvalue weighted by molar-refractivity contribution is -0.133. The molecule has 1 heterocycles. The SMILES string of the molecule is CCC1CN(C(=O)CCCCN)CCC(=O)N1Cc1ccccc1. The van der Waals surface area contributed by atoms with Crippen molar-refractivity contribution in [1.29, 1.82) is 0 Å². The fourth-order valence-corrected chi connectivity index (χ4v) is 3.17. The summed E-state index contributed by atoms with van der Waals surface area (Å²) in [5, 5.41) is 0. The molecule has 5 nitrogen and oxygen atoms in total. The van der Waals surface area contributed by atoms with Crippen molar-refractivity contribution in [3.8, 4) is 0 Å². The molecule has 1 aromatic rings. The summed E-state index contributed by atoms with van der Waals surface area (Å²) in [5.41, 5.74) is 6.63. The van der Waals surface area contributed by atoms with Crippen LogP contribution in [0.25, 0.3) is 0 Å². The first-order valence-corrected chi connectivity index (χ1v) is 8.97. The molecule has 24 heavy (non-hydrogen) atoms. The number of rotatable bonds is 7. The number of benzene rings is 1. The molecule has 0 aliphatic carbocycles. The van der Waals surface area contributed by atoms with Gasteiger partial charge >= 0.3 is 0 Å². The highest BCUT2D eigenvalue weighted by Crippen LogP contribution is 2.18. The maximum atomic E-state index is 12.6. The van der Waals surface area contributed by atoms with E-state index in [1.807, 2.05) is 40.1 Å². The van der Waals surface area contributed by atoms with Crippen LogP contribution >= 0.6 is 0 Å². The lowest BCUT2D eigenvalue weighted by Crippen LogP contribution is -2.43. The van der Waals surface area contributed by atoms with Gasteiger partial charge in [-0.3, -0.25) is 9.59 Å². The molecule has 1 unspecified atom stereocenters. The third-order valence-electron chi connectivity index (χ3n) is 4.65. The number of nitrogens with zero attached hydrogens (tertiary/aromatic N) is 2. The maximum absolute atomic E-state index is 12.6. The van der Waals surface area contributed by atoms with E-state index < -0.39 is 0 Å². The summed E-state index contributed by atoms with van der Waals surface area (Å²) >= 11 is 0. The average Bonchev–Trinajstić information content (AvgIpc) is 2.76. The summed E-state index contributed by atoms with van der Waals surface area (Å²) in [6.07, 6.45) is 3.48. The van der Waals surface area contributed by atoms with E-state index in [1.165, 1.54) is 0 Å². The average molecular weight is 331 g/mol. The quantitative estimate of drug-likeness (QED) is 0.779. The van der Waals surface area contributed by atoms with Crippen molar-refractivity contribution in [3.63, 3.8) is 0 Å². The molecule has 1 atom stereocenters. The van der Waals surface area contributed by atoms with Crippen LogP contribution in [0.4, 0.5) is 0 Å². The van der Waals surface area contributed by atoms with Gasteiger partial charge in [-0.25, -0.2) is 0 Å². The Labute approximate surface area is 144 Å². The molecule has 2 N–H and O–H groups in total. The Bertz CT molecular complexity index is 533. The molecule has 1 saturated heterocycles. The van der Waals surface area contributed by atoms with Gasteiger partial charge in [-0.15, -0.1) is 0 Å². The Balaban J connectivity index is 2.03. The summed E-state index contributed by atoms with van der Waals surface area (Å²) in [7, 11) is 0. The molecule has 1 aliphatic rings. The van der Waals surface area contributed by atoms with Crippen molar-refractivity contribution in [2.75, 3.05) is 19.6 Å². The standard InChI is InChI=1S/C19H29N3O2/c1-2-17-15-21(18(23)10-6-7-12-20)13-11-19(24)22(17)14-16-8-4-3-5-9-16/h3-5,8-9,17H,2,6-7,10-15,20H2,1H3. The van der Waals surface area contributed by atoms with Gasteiger partial charge in [0, 0.05) is 38.5 Å². The largest absolute Gasteiger partial charge is 0.340 e. The number of amides is 2. The molecule has 0 bridgehead atoms. The predicted molar refractivity (Wildman–Crippen MR) is 95.2 cm³/mol. The molecular formula is C19H29N3O2. The van der Waals surface area contributed by atoms with Crippen LogP contribution in [-0.2, 0) is 16.1 Å². The minimum absolute atomic E-state index is 0.0821. The highest BCUT2D eigenvalue weighted by atomic mass is 16.2. The van der Waals surface area contributed by atoms with Crippen LogP contribution in [0.15, 0.2) is 30.3 Å². The Morgan fingerprint density at radius 1 is 1.25 bits per heavy atom. The van der Waals surface area contributed by atoms with Crippen LogP contribution in [-0.4, -0.2) is 47.3 Å². The maximum Gasteiger partial charge on any atom is 0.224 e. The fourth-order valence-electron chi connectivity index (χ4n) is 3.17. The Kier molecular flexibility index (Phi) is 7.25. The highest BCUT2D eigenvalue weighted by molar-refractivity contribution is 5.80. The molecule has 2 amide bonds. The molecule has 2 rings (SSSR count). The van der Waals surface area contributed by atoms with Crippen LogP contribution in [0.1, 0.15) is 44.6 Å². The normalized spacial score (nSPS) is 18.6. The summed E-state index contributed by atoms with van der Waals surface area (Å²) in [6, 6.07) is 10.1. The van der Waals surface area contributed by atoms with E-state index in [0.717, 1.165) is 24.8 Å². The van der Waals surface area contributed by atoms with E-state index in [1.54, 1.807) is 0 Å². The molecule has 0 saturated carbocycles. The van der Waals surface area contributed by atoms with Crippen molar-refractivity contribution < 1.29 is 9.59 Å². The van der Waals surface area contributed by atoms with Crippen molar-refractivity contribution in [3.05, 3.63) is 35.9 Å². The summed E-state index contributed by atoms with van der Waals surface area (Å²) in [6.45, 7) is 4.48. The summed E-state index contributed by atoms with van der Waals surface area (Å²) < 4.78 is 0. The minimum atomic E-state index is 0.0821. The van der Waals surface area contributed by atoms with Gasteiger partial charge in [-0.1, -0.05) is 37.3 Å². The summed E-state index contributed by atoms with van der Waals surface area (Å²) in [4.78, 5) is 28.8. The van der Waals surface area contributed by atoms with Gasteiger partial charge in [0.1, 0.15) is 0 Å². The molecule has 0 aromatic heterocycles. The second-order valence-electron chi connectivity index (χ2n) is 6.40. The molecule has 1 aliphatic heterocycles. The van der Waals surface area contributed by atoms with Crippen molar-refractivity contribution in [2.45, 2.75) is 51.6 Å². The molecular weight excluding hydrogens is 302 g/mol. The Morgan fingerprint density at radius 2 is 2.00 bits per heavy atom. The van der Waals surface area contributed by atoms with Gasteiger partial charge in [0.25, 0.3) is 0 Å².